The molecule has 0 saturated heterocycles. The molecule has 0 aliphatic rings. The molecular weight excluding hydrogens is 396 g/mol. The second-order valence-electron chi connectivity index (χ2n) is 6.16. The van der Waals surface area contributed by atoms with Gasteiger partial charge in [0.2, 0.25) is 0 Å². The fourth-order valence-corrected chi connectivity index (χ4v) is 3.58. The van der Waals surface area contributed by atoms with Crippen molar-refractivity contribution in [3.63, 3.8) is 0 Å². The average molecular weight is 423 g/mol. The fourth-order valence-electron chi connectivity index (χ4n) is 2.59. The number of nitrogens with zero attached hydrogens (tertiary/aromatic N) is 3. The van der Waals surface area contributed by atoms with E-state index >= 15 is 0 Å². The molecule has 0 radical (unpaired) electrons. The number of pyridine rings is 1. The minimum absolute atomic E-state index is 0.265. The van der Waals surface area contributed by atoms with E-state index in [1.165, 1.54) is 0 Å². The first-order valence-corrected chi connectivity index (χ1v) is 10.7. The topological polar surface area (TPSA) is 135 Å². The van der Waals surface area contributed by atoms with Crippen molar-refractivity contribution in [2.75, 3.05) is 26.0 Å². The number of imidazole rings is 1. The summed E-state index contributed by atoms with van der Waals surface area (Å²) in [5, 5.41) is 16.8. The number of methoxy groups -OCH3 is 1. The summed E-state index contributed by atoms with van der Waals surface area (Å²) in [5.41, 5.74) is 1.70. The molecule has 0 aromatic carbocycles. The van der Waals surface area contributed by atoms with Crippen molar-refractivity contribution in [2.45, 2.75) is 25.0 Å². The van der Waals surface area contributed by atoms with Gasteiger partial charge in [-0.2, -0.15) is 0 Å². The molecule has 10 nitrogen and oxygen atoms in total. The highest BCUT2D eigenvalue weighted by Gasteiger charge is 2.09. The Bertz CT molecular complexity index is 812. The molecule has 0 spiro atoms. The molecule has 0 aliphatic heterocycles. The van der Waals surface area contributed by atoms with Crippen LogP contribution in [0.25, 0.3) is 0 Å². The van der Waals surface area contributed by atoms with Gasteiger partial charge in [-0.3, -0.25) is 19.3 Å². The highest BCUT2D eigenvalue weighted by molar-refractivity contribution is 7.84. The van der Waals surface area contributed by atoms with Crippen molar-refractivity contribution >= 4 is 10.8 Å². The summed E-state index contributed by atoms with van der Waals surface area (Å²) in [7, 11) is 0.365. The lowest BCUT2D eigenvalue weighted by Crippen LogP contribution is -2.31. The second-order valence-corrected chi connectivity index (χ2v) is 7.73. The lowest BCUT2D eigenvalue weighted by atomic mass is 10.2. The van der Waals surface area contributed by atoms with Crippen molar-refractivity contribution in [1.82, 2.24) is 25.6 Å². The molecular formula is C18H26N6O4S. The zero-order valence-electron chi connectivity index (χ0n) is 16.3. The van der Waals surface area contributed by atoms with Crippen LogP contribution in [0.4, 0.5) is 0 Å². The molecule has 158 valence electrons. The number of aromatic nitrogens is 3. The van der Waals surface area contributed by atoms with Gasteiger partial charge >= 0.3 is 0 Å². The lowest BCUT2D eigenvalue weighted by molar-refractivity contribution is -0.404. The largest absolute Gasteiger partial charge is 0.495 e. The van der Waals surface area contributed by atoms with Crippen LogP contribution in [0.15, 0.2) is 42.9 Å². The summed E-state index contributed by atoms with van der Waals surface area (Å²) in [6.45, 7) is 0.928. The van der Waals surface area contributed by atoms with Crippen LogP contribution in [-0.2, 0) is 23.0 Å². The number of aryl methyl sites for hydroxylation is 1. The van der Waals surface area contributed by atoms with Crippen LogP contribution in [0, 0.1) is 10.1 Å². The van der Waals surface area contributed by atoms with E-state index in [1.54, 1.807) is 38.0 Å². The molecule has 0 saturated carbocycles. The molecule has 0 bridgehead atoms. The summed E-state index contributed by atoms with van der Waals surface area (Å²) in [6, 6.07) is 3.52. The third-order valence-corrected chi connectivity index (χ3v) is 5.24. The Kier molecular flexibility index (Phi) is 9.63. The molecule has 2 aromatic rings. The number of aromatic amines is 1. The highest BCUT2D eigenvalue weighted by atomic mass is 32.2. The van der Waals surface area contributed by atoms with Crippen LogP contribution in [0.5, 0.6) is 5.75 Å². The van der Waals surface area contributed by atoms with E-state index in [2.05, 4.69) is 25.6 Å². The van der Waals surface area contributed by atoms with E-state index < -0.39 is 15.7 Å². The standard InChI is InChI=1S/C18H26N6O4S/c1-28-17-6-4-8-20-16(17)13-29(27)10-9-22-18(12-24(25)26)21-7-3-2-5-15-11-19-14-23-15/h4,6,8,11-12,14,21-22H,2-3,5,7,9-10,13H2,1H3,(H,19,23)/b18-12+. The van der Waals surface area contributed by atoms with Gasteiger partial charge in [-0.05, 0) is 31.4 Å². The van der Waals surface area contributed by atoms with E-state index in [9.17, 15) is 14.3 Å². The maximum atomic E-state index is 12.3. The van der Waals surface area contributed by atoms with Crippen LogP contribution < -0.4 is 15.4 Å². The van der Waals surface area contributed by atoms with Crippen molar-refractivity contribution in [3.8, 4) is 5.75 Å². The number of unbranched alkanes of at least 4 members (excludes halogenated alkanes) is 1. The second kappa shape index (κ2) is 12.5. The SMILES string of the molecule is COc1cccnc1CS(=O)CCN/C(=C/[N+](=O)[O-])NCCCCc1cnc[nH]1. The van der Waals surface area contributed by atoms with Crippen LogP contribution in [0.3, 0.4) is 0 Å². The van der Waals surface area contributed by atoms with Crippen molar-refractivity contribution in [3.05, 3.63) is 64.4 Å². The zero-order chi connectivity index (χ0) is 20.9. The predicted octanol–water partition coefficient (Wildman–Crippen LogP) is 1.34. The summed E-state index contributed by atoms with van der Waals surface area (Å²) >= 11 is 0. The van der Waals surface area contributed by atoms with Gasteiger partial charge in [0.15, 0.2) is 5.82 Å². The van der Waals surface area contributed by atoms with Gasteiger partial charge in [-0.1, -0.05) is 0 Å². The number of rotatable bonds is 14. The van der Waals surface area contributed by atoms with Gasteiger partial charge < -0.3 is 20.4 Å². The van der Waals surface area contributed by atoms with Gasteiger partial charge in [0.25, 0.3) is 6.20 Å². The van der Waals surface area contributed by atoms with Gasteiger partial charge in [0.1, 0.15) is 5.75 Å². The molecule has 0 aliphatic carbocycles. The maximum Gasteiger partial charge on any atom is 0.274 e. The van der Waals surface area contributed by atoms with Gasteiger partial charge in [0, 0.05) is 47.7 Å². The zero-order valence-corrected chi connectivity index (χ0v) is 17.1. The summed E-state index contributed by atoms with van der Waals surface area (Å²) in [5.74, 6) is 1.50. The van der Waals surface area contributed by atoms with Gasteiger partial charge in [-0.15, -0.1) is 0 Å². The normalized spacial score (nSPS) is 12.4. The van der Waals surface area contributed by atoms with Crippen molar-refractivity contribution in [2.24, 2.45) is 0 Å². The number of ether oxygens (including phenoxy) is 1. The minimum Gasteiger partial charge on any atom is -0.495 e. The average Bonchev–Trinajstić information content (AvgIpc) is 3.21. The third kappa shape index (κ3) is 8.73. The molecule has 11 heteroatoms. The van der Waals surface area contributed by atoms with E-state index in [4.69, 9.17) is 4.74 Å². The van der Waals surface area contributed by atoms with Gasteiger partial charge in [0.05, 0.1) is 29.8 Å². The van der Waals surface area contributed by atoms with Crippen LogP contribution in [0.1, 0.15) is 24.2 Å². The van der Waals surface area contributed by atoms with Crippen LogP contribution >= 0.6 is 0 Å². The molecule has 0 fully saturated rings. The molecule has 1 unspecified atom stereocenters. The number of nitrogens with one attached hydrogen (secondary N) is 3. The number of nitro groups is 1. The number of hydrogen-bond donors (Lipinski definition) is 3. The summed E-state index contributed by atoms with van der Waals surface area (Å²) in [6.07, 6.45) is 8.59. The predicted molar refractivity (Wildman–Crippen MR) is 110 cm³/mol. The molecule has 3 N–H and O–H groups in total. The minimum atomic E-state index is -1.18. The Hall–Kier alpha value is -2.95. The summed E-state index contributed by atoms with van der Waals surface area (Å²) < 4.78 is 17.5. The Morgan fingerprint density at radius 3 is 2.93 bits per heavy atom. The monoisotopic (exact) mass is 422 g/mol. The van der Waals surface area contributed by atoms with Crippen LogP contribution in [0.2, 0.25) is 0 Å². The molecule has 2 aromatic heterocycles. The molecule has 29 heavy (non-hydrogen) atoms. The summed E-state index contributed by atoms with van der Waals surface area (Å²) in [4.78, 5) is 21.5. The Morgan fingerprint density at radius 1 is 1.38 bits per heavy atom. The molecule has 1 atom stereocenters. The van der Waals surface area contributed by atoms with E-state index in [1.807, 2.05) is 0 Å². The van der Waals surface area contributed by atoms with Crippen LogP contribution in [-0.4, -0.2) is 50.0 Å². The van der Waals surface area contributed by atoms with Crippen molar-refractivity contribution < 1.29 is 13.9 Å². The van der Waals surface area contributed by atoms with Gasteiger partial charge in [-0.25, -0.2) is 4.98 Å². The maximum absolute atomic E-state index is 12.3. The molecule has 2 heterocycles. The number of H-pyrrole nitrogens is 1. The Morgan fingerprint density at radius 2 is 2.21 bits per heavy atom. The fraction of sp³-hybridized carbons (Fsp3) is 0.444. The Labute approximate surface area is 171 Å². The van der Waals surface area contributed by atoms with E-state index in [0.29, 0.717) is 36.1 Å². The molecule has 0 amide bonds. The highest BCUT2D eigenvalue weighted by Crippen LogP contribution is 2.16. The first-order valence-electron chi connectivity index (χ1n) is 9.21. The lowest BCUT2D eigenvalue weighted by Gasteiger charge is -2.11. The van der Waals surface area contributed by atoms with E-state index in [0.717, 1.165) is 31.2 Å². The first-order chi connectivity index (χ1) is 14.1. The molecule has 2 rings (SSSR count). The first kappa shape index (κ1) is 22.3. The third-order valence-electron chi connectivity index (χ3n) is 3.99. The smallest absolute Gasteiger partial charge is 0.274 e. The number of hydrogen-bond acceptors (Lipinski definition) is 8. The Balaban J connectivity index is 1.70. The van der Waals surface area contributed by atoms with E-state index in [-0.39, 0.29) is 5.75 Å². The van der Waals surface area contributed by atoms with Crippen molar-refractivity contribution in [1.29, 1.82) is 0 Å². The quantitative estimate of drug-likeness (QED) is 0.236.